The fraction of sp³-hybridized carbons (Fsp3) is 0.429. The molecule has 0 saturated carbocycles. The van der Waals surface area contributed by atoms with Crippen molar-refractivity contribution in [3.63, 3.8) is 0 Å². The number of rotatable bonds is 3. The molecule has 0 aliphatic carbocycles. The molecule has 0 unspecified atom stereocenters. The van der Waals surface area contributed by atoms with Crippen molar-refractivity contribution in [3.05, 3.63) is 34.5 Å². The van der Waals surface area contributed by atoms with Crippen LogP contribution >= 0.6 is 0 Å². The van der Waals surface area contributed by atoms with Crippen LogP contribution in [-0.4, -0.2) is 18.6 Å². The van der Waals surface area contributed by atoms with Gasteiger partial charge in [-0.3, -0.25) is 0 Å². The van der Waals surface area contributed by atoms with Gasteiger partial charge in [0.25, 0.3) is 0 Å². The van der Waals surface area contributed by atoms with E-state index in [2.05, 4.69) is 43.2 Å². The summed E-state index contributed by atoms with van der Waals surface area (Å²) >= 11 is 0. The van der Waals surface area contributed by atoms with Gasteiger partial charge in [-0.1, -0.05) is 6.07 Å². The number of fused-ring (bicyclic) bond motifs is 1. The number of likely N-dealkylation sites (N-methyl/N-ethyl adjacent to an activating group) is 1. The first-order chi connectivity index (χ1) is 7.63. The summed E-state index contributed by atoms with van der Waals surface area (Å²) in [4.78, 5) is 3.54. The van der Waals surface area contributed by atoms with E-state index in [9.17, 15) is 0 Å². The maximum Gasteiger partial charge on any atom is 0.0464 e. The molecule has 2 rings (SSSR count). The number of hydrogen-bond acceptors (Lipinski definition) is 1. The second-order valence-corrected chi connectivity index (χ2v) is 4.59. The minimum atomic E-state index is 1.02. The largest absolute Gasteiger partial charge is 0.358 e. The van der Waals surface area contributed by atoms with Crippen LogP contribution in [0.15, 0.2) is 12.1 Å². The van der Waals surface area contributed by atoms with Crippen molar-refractivity contribution in [1.29, 1.82) is 0 Å². The fourth-order valence-corrected chi connectivity index (χ4v) is 2.47. The average Bonchev–Trinajstić information content (AvgIpc) is 2.52. The Morgan fingerprint density at radius 3 is 2.62 bits per heavy atom. The Morgan fingerprint density at radius 2 is 1.94 bits per heavy atom. The molecule has 0 aliphatic heterocycles. The van der Waals surface area contributed by atoms with Gasteiger partial charge in [0.15, 0.2) is 0 Å². The van der Waals surface area contributed by atoms with Crippen LogP contribution in [-0.2, 0) is 6.42 Å². The molecule has 2 nitrogen and oxygen atoms in total. The number of aryl methyl sites for hydroxylation is 3. The molecule has 0 amide bonds. The standard InChI is InChI=1S/C14H20N2/c1-9-7-10(2)14-11(3)12(5-6-15-4)16-13(14)8-9/h7-8,15-16H,5-6H2,1-4H3. The van der Waals surface area contributed by atoms with Gasteiger partial charge in [-0.05, 0) is 50.6 Å². The summed E-state index contributed by atoms with van der Waals surface area (Å²) in [7, 11) is 1.99. The molecule has 1 aromatic heterocycles. The Hall–Kier alpha value is -1.28. The summed E-state index contributed by atoms with van der Waals surface area (Å²) in [5.41, 5.74) is 6.74. The summed E-state index contributed by atoms with van der Waals surface area (Å²) in [6.07, 6.45) is 1.06. The van der Waals surface area contributed by atoms with E-state index in [4.69, 9.17) is 0 Å². The highest BCUT2D eigenvalue weighted by Crippen LogP contribution is 2.26. The Kier molecular flexibility index (Phi) is 3.01. The highest BCUT2D eigenvalue weighted by atomic mass is 14.8. The van der Waals surface area contributed by atoms with Crippen LogP contribution in [0.1, 0.15) is 22.4 Å². The smallest absolute Gasteiger partial charge is 0.0464 e. The number of H-pyrrole nitrogens is 1. The third-order valence-electron chi connectivity index (χ3n) is 3.22. The van der Waals surface area contributed by atoms with Crippen LogP contribution in [0.5, 0.6) is 0 Å². The predicted molar refractivity (Wildman–Crippen MR) is 70.1 cm³/mol. The quantitative estimate of drug-likeness (QED) is 0.811. The van der Waals surface area contributed by atoms with Gasteiger partial charge >= 0.3 is 0 Å². The van der Waals surface area contributed by atoms with Crippen molar-refractivity contribution in [2.24, 2.45) is 0 Å². The van der Waals surface area contributed by atoms with Crippen molar-refractivity contribution in [3.8, 4) is 0 Å². The van der Waals surface area contributed by atoms with E-state index in [0.29, 0.717) is 0 Å². The van der Waals surface area contributed by atoms with Crippen molar-refractivity contribution < 1.29 is 0 Å². The minimum absolute atomic E-state index is 1.02. The van der Waals surface area contributed by atoms with E-state index in [1.807, 2.05) is 7.05 Å². The lowest BCUT2D eigenvalue weighted by Crippen LogP contribution is -2.10. The highest BCUT2D eigenvalue weighted by Gasteiger charge is 2.09. The first-order valence-corrected chi connectivity index (χ1v) is 5.86. The monoisotopic (exact) mass is 216 g/mol. The molecule has 86 valence electrons. The molecule has 16 heavy (non-hydrogen) atoms. The lowest BCUT2D eigenvalue weighted by molar-refractivity contribution is 0.778. The van der Waals surface area contributed by atoms with Gasteiger partial charge in [0.05, 0.1) is 0 Å². The van der Waals surface area contributed by atoms with E-state index in [0.717, 1.165) is 13.0 Å². The molecular weight excluding hydrogens is 196 g/mol. The molecule has 2 aromatic rings. The Morgan fingerprint density at radius 1 is 1.19 bits per heavy atom. The Balaban J connectivity index is 2.54. The zero-order chi connectivity index (χ0) is 11.7. The molecule has 0 aliphatic rings. The normalized spacial score (nSPS) is 11.2. The summed E-state index contributed by atoms with van der Waals surface area (Å²) in [5, 5.41) is 4.59. The third-order valence-corrected chi connectivity index (χ3v) is 3.22. The molecule has 0 atom stereocenters. The SMILES string of the molecule is CNCCc1[nH]c2cc(C)cc(C)c2c1C. The van der Waals surface area contributed by atoms with Crippen molar-refractivity contribution in [2.45, 2.75) is 27.2 Å². The van der Waals surface area contributed by atoms with Gasteiger partial charge in [0.2, 0.25) is 0 Å². The van der Waals surface area contributed by atoms with Crippen LogP contribution < -0.4 is 5.32 Å². The van der Waals surface area contributed by atoms with Gasteiger partial charge < -0.3 is 10.3 Å². The molecule has 1 heterocycles. The Bertz CT molecular complexity index is 509. The molecule has 0 saturated heterocycles. The molecule has 2 heteroatoms. The number of benzene rings is 1. The van der Waals surface area contributed by atoms with E-state index >= 15 is 0 Å². The van der Waals surface area contributed by atoms with E-state index in [1.165, 1.54) is 33.3 Å². The number of aromatic nitrogens is 1. The molecule has 0 bridgehead atoms. The summed E-state index contributed by atoms with van der Waals surface area (Å²) in [6.45, 7) is 7.58. The maximum absolute atomic E-state index is 3.54. The van der Waals surface area contributed by atoms with Gasteiger partial charge in [-0.2, -0.15) is 0 Å². The van der Waals surface area contributed by atoms with Gasteiger partial charge in [0, 0.05) is 29.6 Å². The first-order valence-electron chi connectivity index (χ1n) is 5.86. The van der Waals surface area contributed by atoms with Crippen LogP contribution in [0.4, 0.5) is 0 Å². The maximum atomic E-state index is 3.54. The second-order valence-electron chi connectivity index (χ2n) is 4.59. The summed E-state index contributed by atoms with van der Waals surface area (Å²) in [5.74, 6) is 0. The Labute approximate surface area is 97.1 Å². The van der Waals surface area contributed by atoms with Gasteiger partial charge in [-0.25, -0.2) is 0 Å². The molecule has 2 N–H and O–H groups in total. The van der Waals surface area contributed by atoms with Crippen LogP contribution in [0, 0.1) is 20.8 Å². The number of aromatic amines is 1. The summed E-state index contributed by atoms with van der Waals surface area (Å²) < 4.78 is 0. The van der Waals surface area contributed by atoms with E-state index in [1.54, 1.807) is 0 Å². The van der Waals surface area contributed by atoms with Crippen molar-refractivity contribution >= 4 is 10.9 Å². The molecule has 0 spiro atoms. The fourth-order valence-electron chi connectivity index (χ4n) is 2.47. The lowest BCUT2D eigenvalue weighted by atomic mass is 10.0. The van der Waals surface area contributed by atoms with Gasteiger partial charge in [0.1, 0.15) is 0 Å². The second kappa shape index (κ2) is 4.30. The number of hydrogen-bond donors (Lipinski definition) is 2. The van der Waals surface area contributed by atoms with Crippen LogP contribution in [0.3, 0.4) is 0 Å². The van der Waals surface area contributed by atoms with Crippen LogP contribution in [0.25, 0.3) is 10.9 Å². The molecule has 0 fully saturated rings. The molecule has 1 aromatic carbocycles. The zero-order valence-electron chi connectivity index (χ0n) is 10.6. The summed E-state index contributed by atoms with van der Waals surface area (Å²) in [6, 6.07) is 4.49. The van der Waals surface area contributed by atoms with Crippen molar-refractivity contribution in [1.82, 2.24) is 10.3 Å². The number of nitrogens with one attached hydrogen (secondary N) is 2. The first kappa shape index (κ1) is 11.2. The highest BCUT2D eigenvalue weighted by molar-refractivity contribution is 5.88. The predicted octanol–water partition coefficient (Wildman–Crippen LogP) is 2.86. The third kappa shape index (κ3) is 1.85. The minimum Gasteiger partial charge on any atom is -0.358 e. The van der Waals surface area contributed by atoms with E-state index in [-0.39, 0.29) is 0 Å². The average molecular weight is 216 g/mol. The zero-order valence-corrected chi connectivity index (χ0v) is 10.6. The van der Waals surface area contributed by atoms with Crippen LogP contribution in [0.2, 0.25) is 0 Å². The van der Waals surface area contributed by atoms with Crippen molar-refractivity contribution in [2.75, 3.05) is 13.6 Å². The molecule has 0 radical (unpaired) electrons. The molecular formula is C14H20N2. The van der Waals surface area contributed by atoms with E-state index < -0.39 is 0 Å². The topological polar surface area (TPSA) is 27.8 Å². The van der Waals surface area contributed by atoms with Gasteiger partial charge in [-0.15, -0.1) is 0 Å². The lowest BCUT2D eigenvalue weighted by Gasteiger charge is -2.01.